The van der Waals surface area contributed by atoms with E-state index in [0.29, 0.717) is 11.7 Å². The predicted octanol–water partition coefficient (Wildman–Crippen LogP) is 3.25. The first-order valence-electron chi connectivity index (χ1n) is 7.85. The Morgan fingerprint density at radius 2 is 2.18 bits per heavy atom. The zero-order valence-corrected chi connectivity index (χ0v) is 13.6. The highest BCUT2D eigenvalue weighted by Gasteiger charge is 2.28. The summed E-state index contributed by atoms with van der Waals surface area (Å²) in [6.45, 7) is 2.21. The SMILES string of the molecule is CC1CCCC(OC(=O)CN2C(=O)CSc3ccccc32)C1. The van der Waals surface area contributed by atoms with Crippen LogP contribution in [0.15, 0.2) is 29.2 Å². The Hall–Kier alpha value is -1.49. The standard InChI is InChI=1S/C17H21NO3S/c1-12-5-4-6-13(9-12)21-17(20)10-18-14-7-2-3-8-15(14)22-11-16(18)19/h2-3,7-8,12-13H,4-6,9-11H2,1H3. The van der Waals surface area contributed by atoms with E-state index in [1.807, 2.05) is 24.3 Å². The molecule has 2 aliphatic rings. The van der Waals surface area contributed by atoms with Gasteiger partial charge in [0.05, 0.1) is 11.4 Å². The van der Waals surface area contributed by atoms with Crippen molar-refractivity contribution in [2.75, 3.05) is 17.2 Å². The van der Waals surface area contributed by atoms with Crippen LogP contribution in [-0.4, -0.2) is 30.3 Å². The molecule has 3 rings (SSSR count). The van der Waals surface area contributed by atoms with Gasteiger partial charge >= 0.3 is 5.97 Å². The van der Waals surface area contributed by atoms with Crippen LogP contribution >= 0.6 is 11.8 Å². The molecule has 1 aliphatic heterocycles. The van der Waals surface area contributed by atoms with Crippen LogP contribution in [0, 0.1) is 5.92 Å². The van der Waals surface area contributed by atoms with Crippen molar-refractivity contribution < 1.29 is 14.3 Å². The summed E-state index contributed by atoms with van der Waals surface area (Å²) in [6, 6.07) is 7.70. The number of fused-ring (bicyclic) bond motifs is 1. The molecular formula is C17H21NO3S. The summed E-state index contributed by atoms with van der Waals surface area (Å²) in [7, 11) is 0. The van der Waals surface area contributed by atoms with Gasteiger partial charge in [0.15, 0.2) is 0 Å². The van der Waals surface area contributed by atoms with E-state index in [2.05, 4.69) is 6.92 Å². The molecule has 1 amide bonds. The molecule has 0 aromatic heterocycles. The van der Waals surface area contributed by atoms with Gasteiger partial charge in [-0.2, -0.15) is 0 Å². The zero-order chi connectivity index (χ0) is 15.5. The normalized spacial score (nSPS) is 24.8. The van der Waals surface area contributed by atoms with E-state index in [1.165, 1.54) is 18.2 Å². The first-order valence-corrected chi connectivity index (χ1v) is 8.83. The maximum Gasteiger partial charge on any atom is 0.326 e. The highest BCUT2D eigenvalue weighted by Crippen LogP contribution is 2.35. The molecule has 1 aromatic carbocycles. The molecule has 2 atom stereocenters. The molecule has 5 heteroatoms. The molecule has 22 heavy (non-hydrogen) atoms. The average Bonchev–Trinajstić information content (AvgIpc) is 2.50. The summed E-state index contributed by atoms with van der Waals surface area (Å²) in [5.41, 5.74) is 0.817. The van der Waals surface area contributed by atoms with Crippen LogP contribution in [-0.2, 0) is 14.3 Å². The van der Waals surface area contributed by atoms with Crippen molar-refractivity contribution in [1.29, 1.82) is 0 Å². The molecule has 1 fully saturated rings. The number of rotatable bonds is 3. The number of para-hydroxylation sites is 1. The highest BCUT2D eigenvalue weighted by atomic mass is 32.2. The third kappa shape index (κ3) is 3.46. The van der Waals surface area contributed by atoms with E-state index in [-0.39, 0.29) is 24.5 Å². The molecule has 1 aromatic rings. The Balaban J connectivity index is 1.65. The van der Waals surface area contributed by atoms with Crippen molar-refractivity contribution in [3.8, 4) is 0 Å². The maximum atomic E-state index is 12.2. The van der Waals surface area contributed by atoms with Gasteiger partial charge in [0.25, 0.3) is 0 Å². The number of esters is 1. The fourth-order valence-corrected chi connectivity index (χ4v) is 4.10. The van der Waals surface area contributed by atoms with Gasteiger partial charge in [-0.05, 0) is 37.3 Å². The molecule has 1 saturated carbocycles. The lowest BCUT2D eigenvalue weighted by atomic mass is 9.89. The van der Waals surface area contributed by atoms with Gasteiger partial charge < -0.3 is 4.74 Å². The number of carbonyl (C=O) groups excluding carboxylic acids is 2. The van der Waals surface area contributed by atoms with E-state index >= 15 is 0 Å². The molecule has 1 heterocycles. The molecule has 0 radical (unpaired) electrons. The molecule has 118 valence electrons. The van der Waals surface area contributed by atoms with Gasteiger partial charge in [0.1, 0.15) is 12.6 Å². The number of thioether (sulfide) groups is 1. The minimum Gasteiger partial charge on any atom is -0.461 e. The second-order valence-corrected chi connectivity index (χ2v) is 7.14. The van der Waals surface area contributed by atoms with Crippen molar-refractivity contribution in [1.82, 2.24) is 0 Å². The second kappa shape index (κ2) is 6.73. The summed E-state index contributed by atoms with van der Waals surface area (Å²) < 4.78 is 5.59. The van der Waals surface area contributed by atoms with Crippen molar-refractivity contribution in [2.24, 2.45) is 5.92 Å². The summed E-state index contributed by atoms with van der Waals surface area (Å²) in [5, 5.41) is 0. The van der Waals surface area contributed by atoms with E-state index in [4.69, 9.17) is 4.74 Å². The Morgan fingerprint density at radius 3 is 3.00 bits per heavy atom. The Kier molecular flexibility index (Phi) is 4.71. The average molecular weight is 319 g/mol. The molecule has 1 aliphatic carbocycles. The van der Waals surface area contributed by atoms with Crippen LogP contribution in [0.1, 0.15) is 32.6 Å². The Labute approximate surface area is 135 Å². The molecule has 0 spiro atoms. The van der Waals surface area contributed by atoms with Gasteiger partial charge in [-0.1, -0.05) is 25.5 Å². The largest absolute Gasteiger partial charge is 0.461 e. The minimum absolute atomic E-state index is 0.0146. The number of benzene rings is 1. The van der Waals surface area contributed by atoms with Crippen LogP contribution in [0.2, 0.25) is 0 Å². The van der Waals surface area contributed by atoms with E-state index in [9.17, 15) is 9.59 Å². The topological polar surface area (TPSA) is 46.6 Å². The first-order chi connectivity index (χ1) is 10.6. The molecule has 0 bridgehead atoms. The van der Waals surface area contributed by atoms with E-state index in [1.54, 1.807) is 4.90 Å². The van der Waals surface area contributed by atoms with Crippen LogP contribution in [0.25, 0.3) is 0 Å². The van der Waals surface area contributed by atoms with E-state index in [0.717, 1.165) is 29.8 Å². The van der Waals surface area contributed by atoms with Crippen LogP contribution in [0.5, 0.6) is 0 Å². The smallest absolute Gasteiger partial charge is 0.326 e. The number of hydrogen-bond acceptors (Lipinski definition) is 4. The lowest BCUT2D eigenvalue weighted by Crippen LogP contribution is -2.41. The highest BCUT2D eigenvalue weighted by molar-refractivity contribution is 8.00. The monoisotopic (exact) mass is 319 g/mol. The van der Waals surface area contributed by atoms with Crippen molar-refractivity contribution in [2.45, 2.75) is 43.6 Å². The number of ether oxygens (including phenoxy) is 1. The third-order valence-electron chi connectivity index (χ3n) is 4.28. The second-order valence-electron chi connectivity index (χ2n) is 6.12. The van der Waals surface area contributed by atoms with Crippen molar-refractivity contribution >= 4 is 29.3 Å². The maximum absolute atomic E-state index is 12.2. The zero-order valence-electron chi connectivity index (χ0n) is 12.8. The Bertz CT molecular complexity index is 575. The predicted molar refractivity (Wildman–Crippen MR) is 87.0 cm³/mol. The fourth-order valence-electron chi connectivity index (χ4n) is 3.17. The molecule has 2 unspecified atom stereocenters. The third-order valence-corrected chi connectivity index (χ3v) is 5.33. The molecule has 0 saturated heterocycles. The lowest BCUT2D eigenvalue weighted by molar-refractivity contribution is -0.150. The number of anilines is 1. The van der Waals surface area contributed by atoms with Gasteiger partial charge in [-0.15, -0.1) is 11.8 Å². The van der Waals surface area contributed by atoms with Crippen LogP contribution < -0.4 is 4.90 Å². The van der Waals surface area contributed by atoms with Gasteiger partial charge in [-0.3, -0.25) is 14.5 Å². The quantitative estimate of drug-likeness (QED) is 0.802. The van der Waals surface area contributed by atoms with Crippen molar-refractivity contribution in [3.05, 3.63) is 24.3 Å². The number of hydrogen-bond donors (Lipinski definition) is 0. The molecular weight excluding hydrogens is 298 g/mol. The Morgan fingerprint density at radius 1 is 1.36 bits per heavy atom. The number of amides is 1. The summed E-state index contributed by atoms with van der Waals surface area (Å²) in [4.78, 5) is 27.0. The lowest BCUT2D eigenvalue weighted by Gasteiger charge is -2.30. The van der Waals surface area contributed by atoms with Crippen LogP contribution in [0.3, 0.4) is 0 Å². The number of carbonyl (C=O) groups is 2. The first kappa shape index (κ1) is 15.4. The number of nitrogens with zero attached hydrogens (tertiary/aromatic N) is 1. The van der Waals surface area contributed by atoms with Crippen LogP contribution in [0.4, 0.5) is 5.69 Å². The molecule has 4 nitrogen and oxygen atoms in total. The van der Waals surface area contributed by atoms with E-state index < -0.39 is 0 Å². The fraction of sp³-hybridized carbons (Fsp3) is 0.529. The minimum atomic E-state index is -0.297. The molecule has 0 N–H and O–H groups in total. The summed E-state index contributed by atoms with van der Waals surface area (Å²) in [6.07, 6.45) is 4.22. The van der Waals surface area contributed by atoms with Crippen molar-refractivity contribution in [3.63, 3.8) is 0 Å². The van der Waals surface area contributed by atoms with Gasteiger partial charge in [0.2, 0.25) is 5.91 Å². The summed E-state index contributed by atoms with van der Waals surface area (Å²) in [5.74, 6) is 0.664. The summed E-state index contributed by atoms with van der Waals surface area (Å²) >= 11 is 1.52. The van der Waals surface area contributed by atoms with Gasteiger partial charge in [-0.25, -0.2) is 0 Å². The van der Waals surface area contributed by atoms with Gasteiger partial charge in [0, 0.05) is 4.90 Å².